The van der Waals surface area contributed by atoms with Crippen molar-refractivity contribution in [3.63, 3.8) is 0 Å². The number of anilines is 1. The zero-order valence-corrected chi connectivity index (χ0v) is 12.0. The smallest absolute Gasteiger partial charge is 0.146 e. The molecule has 0 amide bonds. The van der Waals surface area contributed by atoms with Crippen LogP contribution in [-0.4, -0.2) is 36.4 Å². The van der Waals surface area contributed by atoms with Gasteiger partial charge in [0.15, 0.2) is 0 Å². The van der Waals surface area contributed by atoms with Crippen molar-refractivity contribution in [3.05, 3.63) is 24.0 Å². The molecule has 3 rings (SSSR count). The first kappa shape index (κ1) is 16.3. The number of fused-ring (bicyclic) bond motifs is 2. The lowest BCUT2D eigenvalue weighted by Gasteiger charge is -2.39. The first-order valence-corrected chi connectivity index (χ1v) is 5.70. The maximum absolute atomic E-state index is 13.1. The van der Waals surface area contributed by atoms with Gasteiger partial charge < -0.3 is 20.5 Å². The van der Waals surface area contributed by atoms with Crippen molar-refractivity contribution in [2.75, 3.05) is 11.9 Å². The van der Waals surface area contributed by atoms with Gasteiger partial charge in [0, 0.05) is 25.6 Å². The molecule has 19 heavy (non-hydrogen) atoms. The number of nitrogens with zero attached hydrogens (tertiary/aromatic N) is 1. The molecule has 0 aromatic heterocycles. The van der Waals surface area contributed by atoms with E-state index in [1.54, 1.807) is 6.07 Å². The number of benzene rings is 1. The van der Waals surface area contributed by atoms with Crippen molar-refractivity contribution in [2.45, 2.75) is 30.7 Å². The zero-order chi connectivity index (χ0) is 12.2. The van der Waals surface area contributed by atoms with Crippen molar-refractivity contribution in [1.29, 1.82) is 0 Å². The molecule has 7 heteroatoms. The molecule has 1 fully saturated rings. The molecule has 0 unspecified atom stereocenters. The van der Waals surface area contributed by atoms with E-state index in [9.17, 15) is 9.50 Å². The van der Waals surface area contributed by atoms with Crippen LogP contribution in [0.1, 0.15) is 6.42 Å². The summed E-state index contributed by atoms with van der Waals surface area (Å²) in [7, 11) is 1.87. The maximum Gasteiger partial charge on any atom is 0.146 e. The van der Waals surface area contributed by atoms with Crippen molar-refractivity contribution in [2.24, 2.45) is 5.73 Å². The van der Waals surface area contributed by atoms with Crippen LogP contribution in [0.5, 0.6) is 5.75 Å². The van der Waals surface area contributed by atoms with Gasteiger partial charge in [0.2, 0.25) is 0 Å². The molecule has 4 atom stereocenters. The second-order valence-electron chi connectivity index (χ2n) is 4.76. The average molecular weight is 311 g/mol. The van der Waals surface area contributed by atoms with Crippen LogP contribution in [0.15, 0.2) is 18.2 Å². The minimum Gasteiger partial charge on any atom is -0.486 e. The van der Waals surface area contributed by atoms with Gasteiger partial charge in [0.1, 0.15) is 17.7 Å². The van der Waals surface area contributed by atoms with Gasteiger partial charge in [-0.05, 0) is 12.1 Å². The highest BCUT2D eigenvalue weighted by Gasteiger charge is 2.47. The number of hydrogen-bond donors (Lipinski definition) is 2. The largest absolute Gasteiger partial charge is 0.486 e. The van der Waals surface area contributed by atoms with Crippen LogP contribution in [0.4, 0.5) is 10.1 Å². The van der Waals surface area contributed by atoms with Gasteiger partial charge in [-0.15, -0.1) is 24.8 Å². The Hall–Kier alpha value is -0.750. The maximum atomic E-state index is 13.1. The Labute approximate surface area is 123 Å². The SMILES string of the molecule is CN1c2ccc(F)cc2O[C@@H]2C[C@@H](N)[C@@H](O)[C@@H]21.Cl.Cl. The summed E-state index contributed by atoms with van der Waals surface area (Å²) in [6, 6.07) is 3.99. The van der Waals surface area contributed by atoms with Gasteiger partial charge in [0.25, 0.3) is 0 Å². The fraction of sp³-hybridized carbons (Fsp3) is 0.500. The Morgan fingerprint density at radius 3 is 2.79 bits per heavy atom. The quantitative estimate of drug-likeness (QED) is 0.759. The lowest BCUT2D eigenvalue weighted by molar-refractivity contribution is 0.106. The van der Waals surface area contributed by atoms with Crippen molar-refractivity contribution >= 4 is 30.5 Å². The van der Waals surface area contributed by atoms with Crippen LogP contribution in [0.2, 0.25) is 0 Å². The van der Waals surface area contributed by atoms with E-state index >= 15 is 0 Å². The van der Waals surface area contributed by atoms with Gasteiger partial charge in [-0.25, -0.2) is 4.39 Å². The third kappa shape index (κ3) is 2.48. The summed E-state index contributed by atoms with van der Waals surface area (Å²) in [6.07, 6.45) is -0.186. The predicted octanol–water partition coefficient (Wildman–Crippen LogP) is 1.33. The topological polar surface area (TPSA) is 58.7 Å². The number of rotatable bonds is 0. The molecule has 1 aromatic rings. The molecule has 3 N–H and O–H groups in total. The van der Waals surface area contributed by atoms with Crippen molar-refractivity contribution in [3.8, 4) is 5.75 Å². The van der Waals surface area contributed by atoms with Gasteiger partial charge in [0.05, 0.1) is 17.8 Å². The zero-order valence-electron chi connectivity index (χ0n) is 10.3. The summed E-state index contributed by atoms with van der Waals surface area (Å²) in [4.78, 5) is 1.93. The predicted molar refractivity (Wildman–Crippen MR) is 76.1 cm³/mol. The highest BCUT2D eigenvalue weighted by atomic mass is 35.5. The summed E-state index contributed by atoms with van der Waals surface area (Å²) in [5.74, 6) is 0.202. The monoisotopic (exact) mass is 310 g/mol. The normalized spacial score (nSPS) is 31.5. The number of aliphatic hydroxyl groups excluding tert-OH is 1. The van der Waals surface area contributed by atoms with E-state index in [1.807, 2.05) is 11.9 Å². The second kappa shape index (κ2) is 5.71. The molecule has 4 nitrogen and oxygen atoms in total. The summed E-state index contributed by atoms with van der Waals surface area (Å²) in [6.45, 7) is 0. The van der Waals surface area contributed by atoms with Gasteiger partial charge in [-0.1, -0.05) is 0 Å². The Morgan fingerprint density at radius 1 is 1.42 bits per heavy atom. The summed E-state index contributed by atoms with van der Waals surface area (Å²) < 4.78 is 18.9. The molecule has 0 bridgehead atoms. The minimum absolute atomic E-state index is 0. The second-order valence-corrected chi connectivity index (χ2v) is 4.76. The van der Waals surface area contributed by atoms with E-state index in [1.165, 1.54) is 12.1 Å². The Kier molecular flexibility index (Phi) is 4.90. The van der Waals surface area contributed by atoms with Gasteiger partial charge in [-0.3, -0.25) is 0 Å². The summed E-state index contributed by atoms with van der Waals surface area (Å²) in [5.41, 5.74) is 6.63. The first-order chi connectivity index (χ1) is 8.08. The Balaban J connectivity index is 0.000000902. The van der Waals surface area contributed by atoms with Crippen LogP contribution in [0.25, 0.3) is 0 Å². The molecule has 2 aliphatic rings. The molecule has 1 saturated carbocycles. The summed E-state index contributed by atoms with van der Waals surface area (Å²) >= 11 is 0. The highest BCUT2D eigenvalue weighted by Crippen LogP contribution is 2.40. The van der Waals surface area contributed by atoms with E-state index in [-0.39, 0.29) is 48.8 Å². The first-order valence-electron chi connectivity index (χ1n) is 5.70. The van der Waals surface area contributed by atoms with E-state index in [0.717, 1.165) is 5.69 Å². The van der Waals surface area contributed by atoms with Crippen LogP contribution in [-0.2, 0) is 0 Å². The molecule has 1 aromatic carbocycles. The minimum atomic E-state index is -0.608. The fourth-order valence-corrected chi connectivity index (χ4v) is 2.81. The number of halogens is 3. The van der Waals surface area contributed by atoms with E-state index < -0.39 is 6.10 Å². The lowest BCUT2D eigenvalue weighted by atomic mass is 10.1. The molecule has 0 spiro atoms. The van der Waals surface area contributed by atoms with E-state index in [0.29, 0.717) is 12.2 Å². The molecule has 0 radical (unpaired) electrons. The number of hydrogen-bond acceptors (Lipinski definition) is 4. The molecule has 1 aliphatic heterocycles. The van der Waals surface area contributed by atoms with Gasteiger partial charge >= 0.3 is 0 Å². The van der Waals surface area contributed by atoms with Crippen LogP contribution >= 0.6 is 24.8 Å². The number of likely N-dealkylation sites (N-methyl/N-ethyl adjacent to an activating group) is 1. The van der Waals surface area contributed by atoms with Crippen molar-refractivity contribution in [1.82, 2.24) is 0 Å². The van der Waals surface area contributed by atoms with Gasteiger partial charge in [-0.2, -0.15) is 0 Å². The number of nitrogens with two attached hydrogens (primary N) is 1. The van der Waals surface area contributed by atoms with Crippen LogP contribution in [0, 0.1) is 5.82 Å². The standard InChI is InChI=1S/C12H15FN2O2.2ClH/c1-15-8-3-2-6(13)4-9(8)17-10-5-7(14)12(16)11(10)15;;/h2-4,7,10-12,16H,5,14H2,1H3;2*1H/t7-,10-,11-,12-;;/m1../s1. The molecule has 0 saturated heterocycles. The molecule has 1 aliphatic carbocycles. The molecule has 108 valence electrons. The third-order valence-electron chi connectivity index (χ3n) is 3.70. The molecule has 1 heterocycles. The third-order valence-corrected chi connectivity index (χ3v) is 3.70. The Bertz CT molecular complexity index is 463. The Morgan fingerprint density at radius 2 is 2.11 bits per heavy atom. The average Bonchev–Trinajstić information content (AvgIpc) is 2.54. The van der Waals surface area contributed by atoms with Crippen LogP contribution in [0.3, 0.4) is 0 Å². The van der Waals surface area contributed by atoms with E-state index in [2.05, 4.69) is 0 Å². The number of aliphatic hydroxyl groups is 1. The summed E-state index contributed by atoms with van der Waals surface area (Å²) in [5, 5.41) is 10.0. The fourth-order valence-electron chi connectivity index (χ4n) is 2.81. The highest BCUT2D eigenvalue weighted by molar-refractivity contribution is 5.85. The molecular weight excluding hydrogens is 294 g/mol. The lowest BCUT2D eigenvalue weighted by Crippen LogP contribution is -2.51. The number of ether oxygens (including phenoxy) is 1. The van der Waals surface area contributed by atoms with E-state index in [4.69, 9.17) is 10.5 Å². The van der Waals surface area contributed by atoms with Crippen LogP contribution < -0.4 is 15.4 Å². The molecular formula is C12H17Cl2FN2O2. The van der Waals surface area contributed by atoms with Crippen molar-refractivity contribution < 1.29 is 14.2 Å².